The quantitative estimate of drug-likeness (QED) is 0.745. The standard InChI is InChI=1S/C12H17N3O2/c1-17-12(16)9-3-2-6-14-11(9)15-7-10(13)8-4-5-8/h2-3,6,8,10H,4-5,7,13H2,1H3,(H,14,15). The molecule has 92 valence electrons. The number of methoxy groups -OCH3 is 1. The van der Waals surface area contributed by atoms with Crippen molar-refractivity contribution < 1.29 is 9.53 Å². The van der Waals surface area contributed by atoms with Gasteiger partial charge in [0.2, 0.25) is 0 Å². The van der Waals surface area contributed by atoms with Crippen LogP contribution in [0.15, 0.2) is 18.3 Å². The van der Waals surface area contributed by atoms with Crippen LogP contribution in [0.5, 0.6) is 0 Å². The van der Waals surface area contributed by atoms with Gasteiger partial charge >= 0.3 is 5.97 Å². The largest absolute Gasteiger partial charge is 0.465 e. The lowest BCUT2D eigenvalue weighted by Gasteiger charge is -2.13. The van der Waals surface area contributed by atoms with E-state index in [-0.39, 0.29) is 12.0 Å². The van der Waals surface area contributed by atoms with Crippen LogP contribution in [-0.2, 0) is 4.74 Å². The van der Waals surface area contributed by atoms with E-state index in [0.29, 0.717) is 23.8 Å². The number of carbonyl (C=O) groups is 1. The Balaban J connectivity index is 2.01. The summed E-state index contributed by atoms with van der Waals surface area (Å²) in [7, 11) is 1.36. The van der Waals surface area contributed by atoms with Crippen LogP contribution in [0.2, 0.25) is 0 Å². The third kappa shape index (κ3) is 2.94. The van der Waals surface area contributed by atoms with Gasteiger partial charge in [-0.25, -0.2) is 9.78 Å². The molecule has 2 rings (SSSR count). The molecule has 0 bridgehead atoms. The lowest BCUT2D eigenvalue weighted by atomic mass is 10.2. The minimum atomic E-state index is -0.388. The Kier molecular flexibility index (Phi) is 3.58. The molecule has 1 aromatic rings. The Labute approximate surface area is 100 Å². The normalized spacial score (nSPS) is 16.4. The van der Waals surface area contributed by atoms with Crippen LogP contribution in [0.3, 0.4) is 0 Å². The van der Waals surface area contributed by atoms with E-state index in [1.54, 1.807) is 18.3 Å². The van der Waals surface area contributed by atoms with Gasteiger partial charge in [-0.05, 0) is 30.9 Å². The molecule has 0 aromatic carbocycles. The molecule has 1 aromatic heterocycles. The van der Waals surface area contributed by atoms with Gasteiger partial charge in [0.05, 0.1) is 7.11 Å². The maximum atomic E-state index is 11.5. The highest BCUT2D eigenvalue weighted by Crippen LogP contribution is 2.31. The van der Waals surface area contributed by atoms with Gasteiger partial charge in [0.15, 0.2) is 0 Å². The fourth-order valence-corrected chi connectivity index (χ4v) is 1.73. The number of nitrogens with two attached hydrogens (primary N) is 1. The monoisotopic (exact) mass is 235 g/mol. The maximum absolute atomic E-state index is 11.5. The summed E-state index contributed by atoms with van der Waals surface area (Å²) in [6, 6.07) is 3.52. The molecule has 1 atom stereocenters. The molecule has 1 fully saturated rings. The SMILES string of the molecule is COC(=O)c1cccnc1NCC(N)C1CC1. The Morgan fingerprint density at radius 1 is 1.71 bits per heavy atom. The molecule has 5 nitrogen and oxygen atoms in total. The fourth-order valence-electron chi connectivity index (χ4n) is 1.73. The number of nitrogens with zero attached hydrogens (tertiary/aromatic N) is 1. The highest BCUT2D eigenvalue weighted by atomic mass is 16.5. The molecule has 1 saturated carbocycles. The van der Waals surface area contributed by atoms with E-state index in [4.69, 9.17) is 10.5 Å². The number of aromatic nitrogens is 1. The van der Waals surface area contributed by atoms with Gasteiger partial charge in [0.25, 0.3) is 0 Å². The summed E-state index contributed by atoms with van der Waals surface area (Å²) in [4.78, 5) is 15.6. The fraction of sp³-hybridized carbons (Fsp3) is 0.500. The van der Waals surface area contributed by atoms with Gasteiger partial charge in [-0.15, -0.1) is 0 Å². The van der Waals surface area contributed by atoms with Crippen LogP contribution in [0.4, 0.5) is 5.82 Å². The Morgan fingerprint density at radius 2 is 2.47 bits per heavy atom. The van der Waals surface area contributed by atoms with Crippen LogP contribution in [-0.4, -0.2) is 30.6 Å². The third-order valence-electron chi connectivity index (χ3n) is 2.95. The van der Waals surface area contributed by atoms with E-state index < -0.39 is 0 Å². The molecule has 0 amide bonds. The zero-order valence-electron chi connectivity index (χ0n) is 9.85. The summed E-state index contributed by atoms with van der Waals surface area (Å²) >= 11 is 0. The molecule has 0 aliphatic heterocycles. The smallest absolute Gasteiger partial charge is 0.341 e. The van der Waals surface area contributed by atoms with Crippen molar-refractivity contribution in [2.24, 2.45) is 11.7 Å². The molecular weight excluding hydrogens is 218 g/mol. The average molecular weight is 235 g/mol. The predicted molar refractivity (Wildman–Crippen MR) is 64.8 cm³/mol. The first-order valence-electron chi connectivity index (χ1n) is 5.75. The van der Waals surface area contributed by atoms with Gasteiger partial charge in [-0.3, -0.25) is 0 Å². The second-order valence-corrected chi connectivity index (χ2v) is 4.27. The summed E-state index contributed by atoms with van der Waals surface area (Å²) in [6.07, 6.45) is 4.04. The van der Waals surface area contributed by atoms with Crippen molar-refractivity contribution in [2.75, 3.05) is 19.0 Å². The van der Waals surface area contributed by atoms with E-state index in [0.717, 1.165) is 0 Å². The number of hydrogen-bond acceptors (Lipinski definition) is 5. The lowest BCUT2D eigenvalue weighted by Crippen LogP contribution is -2.31. The molecule has 17 heavy (non-hydrogen) atoms. The lowest BCUT2D eigenvalue weighted by molar-refractivity contribution is 0.0601. The van der Waals surface area contributed by atoms with Crippen molar-refractivity contribution in [3.05, 3.63) is 23.9 Å². The summed E-state index contributed by atoms with van der Waals surface area (Å²) in [5.41, 5.74) is 6.42. The average Bonchev–Trinajstić information content (AvgIpc) is 3.19. The van der Waals surface area contributed by atoms with Crippen molar-refractivity contribution in [1.29, 1.82) is 0 Å². The van der Waals surface area contributed by atoms with Crippen LogP contribution in [0, 0.1) is 5.92 Å². The predicted octanol–water partition coefficient (Wildman–Crippen LogP) is 1.02. The highest BCUT2D eigenvalue weighted by Gasteiger charge is 2.28. The zero-order valence-corrected chi connectivity index (χ0v) is 9.85. The number of esters is 1. The molecule has 1 aliphatic carbocycles. The summed E-state index contributed by atoms with van der Waals surface area (Å²) < 4.78 is 4.69. The van der Waals surface area contributed by atoms with E-state index in [1.165, 1.54) is 20.0 Å². The molecule has 0 radical (unpaired) electrons. The molecule has 1 heterocycles. The Hall–Kier alpha value is -1.62. The number of rotatable bonds is 5. The van der Waals surface area contributed by atoms with Crippen molar-refractivity contribution >= 4 is 11.8 Å². The minimum absolute atomic E-state index is 0.127. The van der Waals surface area contributed by atoms with Crippen LogP contribution in [0.25, 0.3) is 0 Å². The van der Waals surface area contributed by atoms with E-state index in [1.807, 2.05) is 0 Å². The third-order valence-corrected chi connectivity index (χ3v) is 2.95. The van der Waals surface area contributed by atoms with Gasteiger partial charge in [-0.2, -0.15) is 0 Å². The summed E-state index contributed by atoms with van der Waals surface area (Å²) in [5, 5.41) is 3.11. The zero-order chi connectivity index (χ0) is 12.3. The van der Waals surface area contributed by atoms with Crippen LogP contribution < -0.4 is 11.1 Å². The van der Waals surface area contributed by atoms with Gasteiger partial charge in [-0.1, -0.05) is 0 Å². The molecule has 5 heteroatoms. The Morgan fingerprint density at radius 3 is 3.12 bits per heavy atom. The number of carbonyl (C=O) groups excluding carboxylic acids is 1. The number of nitrogens with one attached hydrogen (secondary N) is 1. The molecule has 0 saturated heterocycles. The maximum Gasteiger partial charge on any atom is 0.341 e. The van der Waals surface area contributed by atoms with Crippen molar-refractivity contribution in [3.8, 4) is 0 Å². The molecule has 1 aliphatic rings. The Bertz CT molecular complexity index is 404. The molecular formula is C12H17N3O2. The topological polar surface area (TPSA) is 77.2 Å². The van der Waals surface area contributed by atoms with Crippen molar-refractivity contribution in [2.45, 2.75) is 18.9 Å². The number of pyridine rings is 1. The summed E-state index contributed by atoms with van der Waals surface area (Å²) in [5.74, 6) is 0.767. The van der Waals surface area contributed by atoms with Crippen LogP contribution in [0.1, 0.15) is 23.2 Å². The van der Waals surface area contributed by atoms with E-state index in [2.05, 4.69) is 10.3 Å². The van der Waals surface area contributed by atoms with E-state index >= 15 is 0 Å². The second-order valence-electron chi connectivity index (χ2n) is 4.27. The molecule has 3 N–H and O–H groups in total. The van der Waals surface area contributed by atoms with Gasteiger partial charge in [0, 0.05) is 18.8 Å². The minimum Gasteiger partial charge on any atom is -0.465 e. The first kappa shape index (κ1) is 11.9. The first-order valence-corrected chi connectivity index (χ1v) is 5.75. The first-order chi connectivity index (χ1) is 8.22. The summed E-state index contributed by atoms with van der Waals surface area (Å²) in [6.45, 7) is 0.631. The number of hydrogen-bond donors (Lipinski definition) is 2. The molecule has 0 spiro atoms. The highest BCUT2D eigenvalue weighted by molar-refractivity contribution is 5.94. The molecule has 1 unspecified atom stereocenters. The second kappa shape index (κ2) is 5.14. The number of anilines is 1. The van der Waals surface area contributed by atoms with Crippen molar-refractivity contribution in [1.82, 2.24) is 4.98 Å². The van der Waals surface area contributed by atoms with Crippen LogP contribution >= 0.6 is 0 Å². The van der Waals surface area contributed by atoms with E-state index in [9.17, 15) is 4.79 Å². The van der Waals surface area contributed by atoms with Crippen molar-refractivity contribution in [3.63, 3.8) is 0 Å². The van der Waals surface area contributed by atoms with Gasteiger partial charge in [0.1, 0.15) is 11.4 Å². The van der Waals surface area contributed by atoms with Gasteiger partial charge < -0.3 is 15.8 Å². The number of ether oxygens (including phenoxy) is 1.